The van der Waals surface area contributed by atoms with Crippen LogP contribution in [0.4, 0.5) is 16.3 Å². The first-order chi connectivity index (χ1) is 19.0. The first-order valence-corrected chi connectivity index (χ1v) is 13.0. The van der Waals surface area contributed by atoms with Crippen molar-refractivity contribution in [3.63, 3.8) is 0 Å². The number of rotatable bonds is 10. The van der Waals surface area contributed by atoms with Crippen molar-refractivity contribution >= 4 is 40.0 Å². The molecule has 1 aliphatic rings. The fourth-order valence-corrected chi connectivity index (χ4v) is 4.56. The van der Waals surface area contributed by atoms with Crippen molar-refractivity contribution in [1.82, 2.24) is 20.0 Å². The molecule has 1 fully saturated rings. The maximum Gasteiger partial charge on any atom is 0.324 e. The average Bonchev–Trinajstić information content (AvgIpc) is 3.59. The highest BCUT2D eigenvalue weighted by molar-refractivity contribution is 6.34. The second kappa shape index (κ2) is 12.2. The van der Waals surface area contributed by atoms with Crippen LogP contribution < -0.4 is 24.8 Å². The lowest BCUT2D eigenvalue weighted by molar-refractivity contribution is 0.254. The van der Waals surface area contributed by atoms with Gasteiger partial charge in [-0.15, -0.1) is 0 Å². The van der Waals surface area contributed by atoms with Gasteiger partial charge in [0.2, 0.25) is 5.88 Å². The monoisotopic (exact) mass is 552 g/mol. The fourth-order valence-electron chi connectivity index (χ4n) is 4.34. The Hall–Kier alpha value is -4.09. The van der Waals surface area contributed by atoms with E-state index in [-0.39, 0.29) is 5.02 Å². The summed E-state index contributed by atoms with van der Waals surface area (Å²) in [4.78, 5) is 23.4. The van der Waals surface area contributed by atoms with Crippen molar-refractivity contribution in [2.24, 2.45) is 0 Å². The Balaban J connectivity index is 1.25. The Morgan fingerprint density at radius 3 is 2.69 bits per heavy atom. The SMILES string of the molecule is COc1cc2c(Oc3ccc(NC(=O)Nc4cc(C)on4)c(Cl)c3)ncnc2cc1OCCCN1CCCC1. The van der Waals surface area contributed by atoms with Crippen LogP contribution in [0, 0.1) is 6.92 Å². The molecule has 2 aromatic carbocycles. The van der Waals surface area contributed by atoms with Crippen LogP contribution in [-0.4, -0.2) is 59.4 Å². The highest BCUT2D eigenvalue weighted by Crippen LogP contribution is 2.37. The molecule has 0 unspecified atom stereocenters. The molecule has 2 aromatic heterocycles. The van der Waals surface area contributed by atoms with Crippen LogP contribution in [0.25, 0.3) is 10.9 Å². The lowest BCUT2D eigenvalue weighted by atomic mass is 10.2. The van der Waals surface area contributed by atoms with Gasteiger partial charge in [0.1, 0.15) is 17.8 Å². The van der Waals surface area contributed by atoms with Crippen LogP contribution in [-0.2, 0) is 0 Å². The number of nitrogens with zero attached hydrogens (tertiary/aromatic N) is 4. The van der Waals surface area contributed by atoms with E-state index in [0.717, 1.165) is 13.0 Å². The highest BCUT2D eigenvalue weighted by atomic mass is 35.5. The first-order valence-electron chi connectivity index (χ1n) is 12.6. The predicted octanol–water partition coefficient (Wildman–Crippen LogP) is 5.89. The smallest absolute Gasteiger partial charge is 0.324 e. The van der Waals surface area contributed by atoms with E-state index in [1.807, 2.05) is 6.07 Å². The van der Waals surface area contributed by atoms with E-state index in [1.54, 1.807) is 44.4 Å². The third-order valence-electron chi connectivity index (χ3n) is 6.23. The lowest BCUT2D eigenvalue weighted by Gasteiger charge is -2.16. The number of hydrogen-bond donors (Lipinski definition) is 2. The Bertz CT molecular complexity index is 1460. The minimum Gasteiger partial charge on any atom is -0.493 e. The summed E-state index contributed by atoms with van der Waals surface area (Å²) in [6.45, 7) is 5.68. The van der Waals surface area contributed by atoms with Gasteiger partial charge in [-0.05, 0) is 57.5 Å². The van der Waals surface area contributed by atoms with Crippen molar-refractivity contribution in [1.29, 1.82) is 0 Å². The first kappa shape index (κ1) is 26.5. The van der Waals surface area contributed by atoms with Crippen molar-refractivity contribution in [3.8, 4) is 23.1 Å². The van der Waals surface area contributed by atoms with E-state index < -0.39 is 6.03 Å². The molecule has 0 atom stereocenters. The average molecular weight is 553 g/mol. The van der Waals surface area contributed by atoms with Crippen molar-refractivity contribution in [2.75, 3.05) is 44.0 Å². The van der Waals surface area contributed by atoms with Gasteiger partial charge in [0.15, 0.2) is 17.3 Å². The number of aromatic nitrogens is 3. The quantitative estimate of drug-likeness (QED) is 0.232. The van der Waals surface area contributed by atoms with Crippen molar-refractivity contribution < 1.29 is 23.5 Å². The van der Waals surface area contributed by atoms with Crippen LogP contribution in [0.5, 0.6) is 23.1 Å². The number of benzene rings is 2. The van der Waals surface area contributed by atoms with Crippen LogP contribution in [0.2, 0.25) is 5.02 Å². The molecule has 0 bridgehead atoms. The zero-order valence-electron chi connectivity index (χ0n) is 21.7. The number of amides is 2. The zero-order valence-corrected chi connectivity index (χ0v) is 22.5. The number of halogens is 1. The van der Waals surface area contributed by atoms with E-state index in [9.17, 15) is 4.79 Å². The van der Waals surface area contributed by atoms with E-state index in [1.165, 1.54) is 32.3 Å². The Kier molecular flexibility index (Phi) is 8.28. The molecule has 4 aromatic rings. The van der Waals surface area contributed by atoms with Crippen LogP contribution >= 0.6 is 11.6 Å². The van der Waals surface area contributed by atoms with Gasteiger partial charge in [-0.2, -0.15) is 0 Å². The number of methoxy groups -OCH3 is 1. The van der Waals surface area contributed by atoms with Gasteiger partial charge in [-0.25, -0.2) is 14.8 Å². The summed E-state index contributed by atoms with van der Waals surface area (Å²) in [5.41, 5.74) is 1.04. The van der Waals surface area contributed by atoms with Gasteiger partial charge < -0.3 is 29.0 Å². The van der Waals surface area contributed by atoms with Crippen molar-refractivity contribution in [3.05, 3.63) is 53.5 Å². The molecule has 0 spiro atoms. The van der Waals surface area contributed by atoms with Crippen molar-refractivity contribution in [2.45, 2.75) is 26.2 Å². The number of carbonyl (C=O) groups excluding carboxylic acids is 1. The summed E-state index contributed by atoms with van der Waals surface area (Å²) in [6.07, 6.45) is 4.91. The molecule has 39 heavy (non-hydrogen) atoms. The van der Waals surface area contributed by atoms with Crippen LogP contribution in [0.15, 0.2) is 47.2 Å². The second-order valence-corrected chi connectivity index (χ2v) is 9.50. The third kappa shape index (κ3) is 6.68. The number of nitrogens with one attached hydrogen (secondary N) is 2. The molecular formula is C27H29ClN6O5. The maximum atomic E-state index is 12.3. The molecule has 2 N–H and O–H groups in total. The number of likely N-dealkylation sites (tertiary alicyclic amines) is 1. The summed E-state index contributed by atoms with van der Waals surface area (Å²) in [7, 11) is 1.59. The van der Waals surface area contributed by atoms with Crippen LogP contribution in [0.3, 0.4) is 0 Å². The molecule has 1 aliphatic heterocycles. The maximum absolute atomic E-state index is 12.3. The number of carbonyl (C=O) groups is 1. The fraction of sp³-hybridized carbons (Fsp3) is 0.333. The molecular weight excluding hydrogens is 524 g/mol. The van der Waals surface area contributed by atoms with Gasteiger partial charge in [0.05, 0.1) is 35.3 Å². The largest absolute Gasteiger partial charge is 0.493 e. The number of aryl methyl sites for hydroxylation is 1. The molecule has 0 saturated carbocycles. The number of ether oxygens (including phenoxy) is 3. The minimum absolute atomic E-state index is 0.277. The number of anilines is 2. The van der Waals surface area contributed by atoms with E-state index in [4.69, 9.17) is 30.3 Å². The minimum atomic E-state index is -0.512. The molecule has 2 amide bonds. The van der Waals surface area contributed by atoms with Gasteiger partial charge in [0.25, 0.3) is 0 Å². The molecule has 3 heterocycles. The lowest BCUT2D eigenvalue weighted by Crippen LogP contribution is -2.21. The van der Waals surface area contributed by atoms with E-state index in [2.05, 4.69) is 30.7 Å². The molecule has 0 radical (unpaired) electrons. The summed E-state index contributed by atoms with van der Waals surface area (Å²) >= 11 is 6.41. The summed E-state index contributed by atoms with van der Waals surface area (Å²) in [5.74, 6) is 2.82. The molecule has 5 rings (SSSR count). The molecule has 11 nitrogen and oxygen atoms in total. The van der Waals surface area contributed by atoms with E-state index >= 15 is 0 Å². The summed E-state index contributed by atoms with van der Waals surface area (Å²) in [6, 6.07) is 9.60. The van der Waals surface area contributed by atoms with E-state index in [0.29, 0.717) is 57.9 Å². The Labute approximate surface area is 230 Å². The zero-order chi connectivity index (χ0) is 27.2. The second-order valence-electron chi connectivity index (χ2n) is 9.10. The Morgan fingerprint density at radius 1 is 1.10 bits per heavy atom. The number of fused-ring (bicyclic) bond motifs is 1. The number of hydrogen-bond acceptors (Lipinski definition) is 9. The molecule has 12 heteroatoms. The van der Waals surface area contributed by atoms with Gasteiger partial charge in [0, 0.05) is 24.7 Å². The molecule has 1 saturated heterocycles. The Morgan fingerprint density at radius 2 is 1.95 bits per heavy atom. The van der Waals surface area contributed by atoms with Gasteiger partial charge >= 0.3 is 6.03 Å². The van der Waals surface area contributed by atoms with Crippen LogP contribution in [0.1, 0.15) is 25.0 Å². The summed E-state index contributed by atoms with van der Waals surface area (Å²) < 4.78 is 22.6. The normalized spacial score (nSPS) is 13.4. The van der Waals surface area contributed by atoms with Gasteiger partial charge in [-0.1, -0.05) is 16.8 Å². The molecule has 0 aliphatic carbocycles. The highest BCUT2D eigenvalue weighted by Gasteiger charge is 2.15. The number of urea groups is 1. The third-order valence-corrected chi connectivity index (χ3v) is 6.54. The van der Waals surface area contributed by atoms with Gasteiger partial charge in [-0.3, -0.25) is 5.32 Å². The molecule has 204 valence electrons. The predicted molar refractivity (Wildman–Crippen MR) is 147 cm³/mol. The summed E-state index contributed by atoms with van der Waals surface area (Å²) in [5, 5.41) is 9.90. The standard InChI is InChI=1S/C27H29ClN6O5/c1-17-12-25(33-39-17)32-27(35)31-21-7-6-18(13-20(21)28)38-26-19-14-23(36-2)24(15-22(19)29-16-30-26)37-11-5-10-34-8-3-4-9-34/h6-7,12-16H,3-5,8-11H2,1-2H3,(H2,31,32,33,35). The topological polar surface area (TPSA) is 124 Å².